The van der Waals surface area contributed by atoms with Crippen LogP contribution in [-0.2, 0) is 0 Å². The third-order valence-corrected chi connectivity index (χ3v) is 2.68. The summed E-state index contributed by atoms with van der Waals surface area (Å²) in [7, 11) is 0. The van der Waals surface area contributed by atoms with E-state index < -0.39 is 0 Å². The smallest absolute Gasteiger partial charge is 0.119 e. The monoisotopic (exact) mass is 262 g/mol. The van der Waals surface area contributed by atoms with E-state index in [1.807, 2.05) is 30.3 Å². The molecule has 0 aromatic heterocycles. The third-order valence-electron chi connectivity index (χ3n) is 2.44. The summed E-state index contributed by atoms with van der Waals surface area (Å²) in [5.41, 5.74) is 7.33. The maximum atomic E-state index is 5.90. The van der Waals surface area contributed by atoms with Crippen molar-refractivity contribution < 1.29 is 4.74 Å². The Morgan fingerprint density at radius 2 is 1.89 bits per heavy atom. The van der Waals surface area contributed by atoms with Crippen LogP contribution < -0.4 is 15.8 Å². The van der Waals surface area contributed by atoms with E-state index in [0.29, 0.717) is 23.9 Å². The molecular weight excluding hydrogens is 248 g/mol. The van der Waals surface area contributed by atoms with Crippen LogP contribution in [0.2, 0.25) is 5.02 Å². The van der Waals surface area contributed by atoms with Gasteiger partial charge in [0.15, 0.2) is 0 Å². The summed E-state index contributed by atoms with van der Waals surface area (Å²) in [5, 5.41) is 3.85. The molecule has 0 heterocycles. The van der Waals surface area contributed by atoms with Gasteiger partial charge in [-0.3, -0.25) is 0 Å². The zero-order chi connectivity index (χ0) is 12.8. The van der Waals surface area contributed by atoms with Crippen LogP contribution in [0.15, 0.2) is 48.5 Å². The van der Waals surface area contributed by atoms with E-state index in [-0.39, 0.29) is 0 Å². The quantitative estimate of drug-likeness (QED) is 0.641. The minimum Gasteiger partial charge on any atom is -0.492 e. The number of anilines is 2. The van der Waals surface area contributed by atoms with Crippen LogP contribution in [0.3, 0.4) is 0 Å². The molecule has 0 radical (unpaired) electrons. The summed E-state index contributed by atoms with van der Waals surface area (Å²) in [6.45, 7) is 1.23. The van der Waals surface area contributed by atoms with Crippen molar-refractivity contribution in [2.75, 3.05) is 24.2 Å². The average Bonchev–Trinajstić information content (AvgIpc) is 2.40. The second kappa shape index (κ2) is 6.17. The molecule has 2 aromatic carbocycles. The highest BCUT2D eigenvalue weighted by Crippen LogP contribution is 2.22. The van der Waals surface area contributed by atoms with Crippen molar-refractivity contribution in [3.63, 3.8) is 0 Å². The van der Waals surface area contributed by atoms with Crippen molar-refractivity contribution in [1.29, 1.82) is 0 Å². The lowest BCUT2D eigenvalue weighted by Crippen LogP contribution is -2.12. The number of halogens is 1. The van der Waals surface area contributed by atoms with Gasteiger partial charge in [0, 0.05) is 11.6 Å². The van der Waals surface area contributed by atoms with E-state index in [0.717, 1.165) is 11.4 Å². The fourth-order valence-electron chi connectivity index (χ4n) is 1.55. The summed E-state index contributed by atoms with van der Waals surface area (Å²) in [6.07, 6.45) is 0. The van der Waals surface area contributed by atoms with Crippen molar-refractivity contribution in [3.05, 3.63) is 53.6 Å². The molecule has 0 fully saturated rings. The summed E-state index contributed by atoms with van der Waals surface area (Å²) < 4.78 is 5.56. The number of nitrogens with one attached hydrogen (secondary N) is 1. The highest BCUT2D eigenvalue weighted by molar-refractivity contribution is 6.31. The lowest BCUT2D eigenvalue weighted by atomic mass is 10.2. The van der Waals surface area contributed by atoms with E-state index in [1.165, 1.54) is 0 Å². The topological polar surface area (TPSA) is 47.3 Å². The number of hydrogen-bond donors (Lipinski definition) is 2. The first kappa shape index (κ1) is 12.6. The van der Waals surface area contributed by atoms with Gasteiger partial charge in [-0.25, -0.2) is 0 Å². The molecule has 0 unspecified atom stereocenters. The van der Waals surface area contributed by atoms with Crippen molar-refractivity contribution in [1.82, 2.24) is 0 Å². The van der Waals surface area contributed by atoms with E-state index in [9.17, 15) is 0 Å². The molecule has 0 amide bonds. The van der Waals surface area contributed by atoms with Gasteiger partial charge in [0.2, 0.25) is 0 Å². The third kappa shape index (κ3) is 3.57. The molecule has 0 spiro atoms. The number of nitrogen functional groups attached to an aromatic ring is 1. The van der Waals surface area contributed by atoms with Gasteiger partial charge in [-0.1, -0.05) is 29.8 Å². The van der Waals surface area contributed by atoms with Gasteiger partial charge in [-0.2, -0.15) is 0 Å². The Hall–Kier alpha value is -1.87. The van der Waals surface area contributed by atoms with Gasteiger partial charge in [-0.05, 0) is 30.3 Å². The lowest BCUT2D eigenvalue weighted by molar-refractivity contribution is 0.333. The summed E-state index contributed by atoms with van der Waals surface area (Å²) in [5.74, 6) is 0.860. The molecule has 2 rings (SSSR count). The van der Waals surface area contributed by atoms with Crippen LogP contribution in [0.4, 0.5) is 11.4 Å². The van der Waals surface area contributed by atoms with Crippen molar-refractivity contribution in [2.45, 2.75) is 0 Å². The number of rotatable bonds is 5. The Morgan fingerprint density at radius 3 is 2.67 bits per heavy atom. The lowest BCUT2D eigenvalue weighted by Gasteiger charge is -2.10. The Balaban J connectivity index is 1.80. The van der Waals surface area contributed by atoms with E-state index in [4.69, 9.17) is 22.1 Å². The molecule has 0 aliphatic carbocycles. The van der Waals surface area contributed by atoms with Gasteiger partial charge in [0.25, 0.3) is 0 Å². The second-order valence-corrected chi connectivity index (χ2v) is 4.26. The Morgan fingerprint density at radius 1 is 1.11 bits per heavy atom. The Bertz CT molecular complexity index is 502. The summed E-state index contributed by atoms with van der Waals surface area (Å²) in [4.78, 5) is 0. The molecule has 3 nitrogen and oxygen atoms in total. The van der Waals surface area contributed by atoms with Crippen molar-refractivity contribution in [2.24, 2.45) is 0 Å². The van der Waals surface area contributed by atoms with Crippen LogP contribution in [0, 0.1) is 0 Å². The standard InChI is InChI=1S/C14H15ClN2O/c15-11-6-7-13(16)14(10-11)17-8-9-18-12-4-2-1-3-5-12/h1-7,10,17H,8-9,16H2. The van der Waals surface area contributed by atoms with Crippen molar-refractivity contribution >= 4 is 23.0 Å². The molecule has 18 heavy (non-hydrogen) atoms. The summed E-state index contributed by atoms with van der Waals surface area (Å²) in [6, 6.07) is 15.0. The number of hydrogen-bond acceptors (Lipinski definition) is 3. The van der Waals surface area contributed by atoms with Crippen LogP contribution in [-0.4, -0.2) is 13.2 Å². The number of nitrogens with two attached hydrogens (primary N) is 1. The van der Waals surface area contributed by atoms with E-state index >= 15 is 0 Å². The molecule has 0 atom stereocenters. The van der Waals surface area contributed by atoms with Gasteiger partial charge in [0.05, 0.1) is 11.4 Å². The van der Waals surface area contributed by atoms with Gasteiger partial charge < -0.3 is 15.8 Å². The molecular formula is C14H15ClN2O. The first-order chi connectivity index (χ1) is 8.75. The highest BCUT2D eigenvalue weighted by Gasteiger charge is 1.99. The van der Waals surface area contributed by atoms with Crippen LogP contribution >= 0.6 is 11.6 Å². The Labute approximate surface area is 112 Å². The molecule has 2 aromatic rings. The minimum absolute atomic E-state index is 0.565. The SMILES string of the molecule is Nc1ccc(Cl)cc1NCCOc1ccccc1. The first-order valence-electron chi connectivity index (χ1n) is 5.72. The van der Waals surface area contributed by atoms with Gasteiger partial charge in [-0.15, -0.1) is 0 Å². The molecule has 0 saturated carbocycles. The van der Waals surface area contributed by atoms with E-state index in [2.05, 4.69) is 5.32 Å². The zero-order valence-corrected chi connectivity index (χ0v) is 10.7. The molecule has 94 valence electrons. The molecule has 0 saturated heterocycles. The van der Waals surface area contributed by atoms with Crippen molar-refractivity contribution in [3.8, 4) is 5.75 Å². The van der Waals surface area contributed by atoms with E-state index in [1.54, 1.807) is 18.2 Å². The minimum atomic E-state index is 0.565. The average molecular weight is 263 g/mol. The van der Waals surface area contributed by atoms with Gasteiger partial charge >= 0.3 is 0 Å². The fourth-order valence-corrected chi connectivity index (χ4v) is 1.72. The van der Waals surface area contributed by atoms with Crippen LogP contribution in [0.25, 0.3) is 0 Å². The fraction of sp³-hybridized carbons (Fsp3) is 0.143. The molecule has 3 N–H and O–H groups in total. The number of ether oxygens (including phenoxy) is 1. The van der Waals surface area contributed by atoms with Crippen LogP contribution in [0.1, 0.15) is 0 Å². The molecule has 0 bridgehead atoms. The molecule has 4 heteroatoms. The largest absolute Gasteiger partial charge is 0.492 e. The predicted molar refractivity (Wildman–Crippen MR) is 76.3 cm³/mol. The maximum absolute atomic E-state index is 5.90. The Kier molecular flexibility index (Phi) is 4.31. The second-order valence-electron chi connectivity index (χ2n) is 3.82. The van der Waals surface area contributed by atoms with Crippen LogP contribution in [0.5, 0.6) is 5.75 Å². The van der Waals surface area contributed by atoms with Gasteiger partial charge in [0.1, 0.15) is 12.4 Å². The maximum Gasteiger partial charge on any atom is 0.119 e. The zero-order valence-electron chi connectivity index (χ0n) is 9.90. The molecule has 0 aliphatic rings. The predicted octanol–water partition coefficient (Wildman–Crippen LogP) is 3.41. The number of para-hydroxylation sites is 1. The molecule has 0 aliphatic heterocycles. The first-order valence-corrected chi connectivity index (χ1v) is 6.10. The normalized spacial score (nSPS) is 10.1. The highest BCUT2D eigenvalue weighted by atomic mass is 35.5. The number of benzene rings is 2. The summed E-state index contributed by atoms with van der Waals surface area (Å²) >= 11 is 5.90.